The molecule has 2 nitrogen and oxygen atoms in total. The second-order valence-electron chi connectivity index (χ2n) is 3.34. The molecule has 82 valence electrons. The van der Waals surface area contributed by atoms with Gasteiger partial charge >= 0.3 is 0 Å². The highest BCUT2D eigenvalue weighted by molar-refractivity contribution is 5.63. The van der Waals surface area contributed by atoms with E-state index in [1.807, 2.05) is 0 Å². The highest BCUT2D eigenvalue weighted by Crippen LogP contribution is 2.28. The van der Waals surface area contributed by atoms with Gasteiger partial charge in [-0.25, -0.2) is 8.78 Å². The Hall–Kier alpha value is -1.42. The van der Waals surface area contributed by atoms with Crippen molar-refractivity contribution in [1.82, 2.24) is 0 Å². The third-order valence-corrected chi connectivity index (χ3v) is 2.51. The summed E-state index contributed by atoms with van der Waals surface area (Å²) < 4.78 is 26.8. The first-order valence-corrected chi connectivity index (χ1v) is 4.37. The molecule has 0 bridgehead atoms. The van der Waals surface area contributed by atoms with Crippen molar-refractivity contribution in [2.24, 2.45) is 0 Å². The summed E-state index contributed by atoms with van der Waals surface area (Å²) in [5.74, 6) is -2.82. The third-order valence-electron chi connectivity index (χ3n) is 2.51. The van der Waals surface area contributed by atoms with Gasteiger partial charge in [0.1, 0.15) is 5.76 Å². The summed E-state index contributed by atoms with van der Waals surface area (Å²) in [5, 5.41) is 18.0. The van der Waals surface area contributed by atoms with Crippen LogP contribution in [0.5, 0.6) is 0 Å². The quantitative estimate of drug-likeness (QED) is 0.743. The van der Waals surface area contributed by atoms with Gasteiger partial charge in [-0.3, -0.25) is 0 Å². The monoisotopic (exact) mass is 214 g/mol. The van der Waals surface area contributed by atoms with Gasteiger partial charge in [0.2, 0.25) is 0 Å². The van der Waals surface area contributed by atoms with Crippen molar-refractivity contribution >= 4 is 5.76 Å². The second-order valence-corrected chi connectivity index (χ2v) is 3.34. The van der Waals surface area contributed by atoms with E-state index >= 15 is 0 Å². The fourth-order valence-electron chi connectivity index (χ4n) is 1.52. The highest BCUT2D eigenvalue weighted by Gasteiger charge is 2.20. The van der Waals surface area contributed by atoms with E-state index in [0.717, 1.165) is 0 Å². The molecule has 0 spiro atoms. The summed E-state index contributed by atoms with van der Waals surface area (Å²) >= 11 is 0. The van der Waals surface area contributed by atoms with E-state index in [2.05, 4.69) is 6.58 Å². The normalized spacial score (nSPS) is 10.5. The molecule has 4 heteroatoms. The van der Waals surface area contributed by atoms with Crippen LogP contribution in [-0.2, 0) is 6.61 Å². The molecule has 0 unspecified atom stereocenters. The van der Waals surface area contributed by atoms with Crippen LogP contribution < -0.4 is 0 Å². The lowest BCUT2D eigenvalue weighted by atomic mass is 9.96. The predicted molar refractivity (Wildman–Crippen MR) is 53.4 cm³/mol. The molecule has 0 heterocycles. The first kappa shape index (κ1) is 11.7. The maximum absolute atomic E-state index is 13.4. The van der Waals surface area contributed by atoms with Crippen LogP contribution in [0.4, 0.5) is 8.78 Å². The maximum atomic E-state index is 13.4. The fraction of sp³-hybridized carbons (Fsp3) is 0.273. The second kappa shape index (κ2) is 3.98. The minimum absolute atomic E-state index is 0.0880. The smallest absolute Gasteiger partial charge is 0.170 e. The molecule has 0 radical (unpaired) electrons. The van der Waals surface area contributed by atoms with Crippen molar-refractivity contribution in [2.45, 2.75) is 20.5 Å². The standard InChI is InChI=1S/C11H12F2O2/c1-5-6(2)9(7(3)15)11(13)10(12)8(5)4-14/h14-15H,3-4H2,1-2H3. The minimum atomic E-state index is -1.17. The summed E-state index contributed by atoms with van der Waals surface area (Å²) in [6, 6.07) is 0. The zero-order valence-corrected chi connectivity index (χ0v) is 8.56. The SMILES string of the molecule is C=C(O)c1c(C)c(C)c(CO)c(F)c1F. The third kappa shape index (κ3) is 1.72. The molecule has 0 aliphatic heterocycles. The van der Waals surface area contributed by atoms with E-state index in [1.165, 1.54) is 6.92 Å². The molecule has 0 amide bonds. The molecule has 1 aromatic rings. The topological polar surface area (TPSA) is 40.5 Å². The van der Waals surface area contributed by atoms with Crippen molar-refractivity contribution in [3.05, 3.63) is 40.5 Å². The van der Waals surface area contributed by atoms with Crippen molar-refractivity contribution < 1.29 is 19.0 Å². The van der Waals surface area contributed by atoms with Crippen LogP contribution in [0.15, 0.2) is 6.58 Å². The van der Waals surface area contributed by atoms with Crippen LogP contribution >= 0.6 is 0 Å². The van der Waals surface area contributed by atoms with Gasteiger partial charge in [0.15, 0.2) is 11.6 Å². The van der Waals surface area contributed by atoms with Gasteiger partial charge in [-0.2, -0.15) is 0 Å². The van der Waals surface area contributed by atoms with Crippen molar-refractivity contribution in [1.29, 1.82) is 0 Å². The predicted octanol–water partition coefficient (Wildman–Crippen LogP) is 2.60. The molecule has 2 N–H and O–H groups in total. The number of aliphatic hydroxyl groups excluding tert-OH is 2. The Morgan fingerprint density at radius 1 is 1.20 bits per heavy atom. The van der Waals surface area contributed by atoms with Crippen LogP contribution in [0.2, 0.25) is 0 Å². The van der Waals surface area contributed by atoms with Gasteiger partial charge in [-0.05, 0) is 25.0 Å². The Kier molecular flexibility index (Phi) is 3.09. The molecule has 0 aliphatic rings. The average Bonchev–Trinajstić information content (AvgIpc) is 2.16. The maximum Gasteiger partial charge on any atom is 0.170 e. The molecule has 15 heavy (non-hydrogen) atoms. The van der Waals surface area contributed by atoms with Gasteiger partial charge in [0.05, 0.1) is 12.2 Å². The van der Waals surface area contributed by atoms with Crippen LogP contribution in [0.25, 0.3) is 5.76 Å². The number of hydrogen-bond donors (Lipinski definition) is 2. The first-order chi connectivity index (χ1) is 6.91. The Morgan fingerprint density at radius 3 is 2.13 bits per heavy atom. The van der Waals surface area contributed by atoms with Crippen molar-refractivity contribution in [2.75, 3.05) is 0 Å². The molecule has 0 atom stereocenters. The summed E-state index contributed by atoms with van der Waals surface area (Å²) in [7, 11) is 0. The van der Waals surface area contributed by atoms with Crippen LogP contribution in [0.3, 0.4) is 0 Å². The summed E-state index contributed by atoms with van der Waals surface area (Å²) in [6.07, 6.45) is 0. The molecular formula is C11H12F2O2. The van der Waals surface area contributed by atoms with Crippen LogP contribution in [0.1, 0.15) is 22.3 Å². The van der Waals surface area contributed by atoms with Gasteiger partial charge in [0, 0.05) is 5.56 Å². The molecule has 0 saturated heterocycles. The van der Waals surface area contributed by atoms with Gasteiger partial charge in [-0.1, -0.05) is 6.58 Å². The largest absolute Gasteiger partial charge is 0.508 e. The number of rotatable bonds is 2. The van der Waals surface area contributed by atoms with Gasteiger partial charge < -0.3 is 10.2 Å². The van der Waals surface area contributed by atoms with E-state index in [0.29, 0.717) is 11.1 Å². The zero-order chi connectivity index (χ0) is 11.7. The van der Waals surface area contributed by atoms with Crippen molar-refractivity contribution in [3.8, 4) is 0 Å². The van der Waals surface area contributed by atoms with E-state index in [1.54, 1.807) is 6.92 Å². The number of halogens is 2. The van der Waals surface area contributed by atoms with Crippen molar-refractivity contribution in [3.63, 3.8) is 0 Å². The molecular weight excluding hydrogens is 202 g/mol. The Bertz CT molecular complexity index is 396. The van der Waals surface area contributed by atoms with E-state index in [4.69, 9.17) is 10.2 Å². The molecule has 0 fully saturated rings. The Morgan fingerprint density at radius 2 is 1.73 bits per heavy atom. The Balaban J connectivity index is 3.66. The van der Waals surface area contributed by atoms with E-state index in [-0.39, 0.29) is 11.1 Å². The zero-order valence-electron chi connectivity index (χ0n) is 8.56. The summed E-state index contributed by atoms with van der Waals surface area (Å²) in [5.41, 5.74) is 0.476. The fourth-order valence-corrected chi connectivity index (χ4v) is 1.52. The van der Waals surface area contributed by atoms with Crippen LogP contribution in [-0.4, -0.2) is 10.2 Å². The lowest BCUT2D eigenvalue weighted by molar-refractivity contribution is 0.272. The molecule has 0 aromatic heterocycles. The van der Waals surface area contributed by atoms with Gasteiger partial charge in [0.25, 0.3) is 0 Å². The number of benzene rings is 1. The summed E-state index contributed by atoms with van der Waals surface area (Å²) in [6.45, 7) is 5.68. The van der Waals surface area contributed by atoms with Crippen LogP contribution in [0, 0.1) is 25.5 Å². The number of aliphatic hydroxyl groups is 2. The highest BCUT2D eigenvalue weighted by atomic mass is 19.2. The number of hydrogen-bond acceptors (Lipinski definition) is 2. The lowest BCUT2D eigenvalue weighted by Crippen LogP contribution is -2.06. The average molecular weight is 214 g/mol. The molecule has 0 aliphatic carbocycles. The molecule has 1 rings (SSSR count). The minimum Gasteiger partial charge on any atom is -0.508 e. The van der Waals surface area contributed by atoms with Gasteiger partial charge in [-0.15, -0.1) is 0 Å². The molecule has 0 saturated carbocycles. The first-order valence-electron chi connectivity index (χ1n) is 4.37. The summed E-state index contributed by atoms with van der Waals surface area (Å²) in [4.78, 5) is 0. The van der Waals surface area contributed by atoms with E-state index < -0.39 is 24.0 Å². The lowest BCUT2D eigenvalue weighted by Gasteiger charge is -2.14. The van der Waals surface area contributed by atoms with E-state index in [9.17, 15) is 8.78 Å². The molecule has 1 aromatic carbocycles. The Labute approximate surface area is 86.5 Å².